The van der Waals surface area contributed by atoms with Crippen LogP contribution in [0.4, 0.5) is 0 Å². The fraction of sp³-hybridized carbons (Fsp3) is 0.400. The van der Waals surface area contributed by atoms with Gasteiger partial charge in [-0.2, -0.15) is 0 Å². The van der Waals surface area contributed by atoms with Gasteiger partial charge in [-0.3, -0.25) is 0 Å². The molecule has 0 unspecified atom stereocenters. The summed E-state index contributed by atoms with van der Waals surface area (Å²) in [6.07, 6.45) is 0. The summed E-state index contributed by atoms with van der Waals surface area (Å²) >= 11 is 5.19. The Labute approximate surface area is 127 Å². The van der Waals surface area contributed by atoms with Crippen molar-refractivity contribution in [3.63, 3.8) is 0 Å². The van der Waals surface area contributed by atoms with E-state index < -0.39 is 0 Å². The lowest BCUT2D eigenvalue weighted by molar-refractivity contribution is 0.590. The van der Waals surface area contributed by atoms with Crippen molar-refractivity contribution in [2.75, 3.05) is 0 Å². The van der Waals surface area contributed by atoms with Gasteiger partial charge in [-0.15, -0.1) is 11.3 Å². The number of nitrogens with two attached hydrogens (primary N) is 1. The van der Waals surface area contributed by atoms with Gasteiger partial charge in [0.25, 0.3) is 0 Å². The normalized spacial score (nSPS) is 11.9. The van der Waals surface area contributed by atoms with Gasteiger partial charge in [-0.05, 0) is 45.0 Å². The highest BCUT2D eigenvalue weighted by Gasteiger charge is 2.17. The van der Waals surface area contributed by atoms with E-state index in [1.54, 1.807) is 11.3 Å². The minimum absolute atomic E-state index is 0.177. The van der Waals surface area contributed by atoms with Gasteiger partial charge in [0, 0.05) is 6.54 Å². The summed E-state index contributed by atoms with van der Waals surface area (Å²) in [7, 11) is 0. The van der Waals surface area contributed by atoms with Crippen molar-refractivity contribution in [1.82, 2.24) is 4.98 Å². The van der Waals surface area contributed by atoms with E-state index in [1.165, 1.54) is 21.6 Å². The Morgan fingerprint density at radius 1 is 1.32 bits per heavy atom. The summed E-state index contributed by atoms with van der Waals surface area (Å²) in [5, 5.41) is 0.959. The van der Waals surface area contributed by atoms with E-state index in [4.69, 9.17) is 5.73 Å². The number of rotatable bonds is 2. The predicted molar refractivity (Wildman–Crippen MR) is 86.6 cm³/mol. The number of aryl methyl sites for hydroxylation is 1. The quantitative estimate of drug-likeness (QED) is 0.866. The summed E-state index contributed by atoms with van der Waals surface area (Å²) in [6, 6.07) is 6.66. The SMILES string of the molecule is Cc1cc(C(C)(C)C)ccc1-c1sc(CN)nc1Br. The number of thiazole rings is 1. The zero-order valence-corrected chi connectivity index (χ0v) is 14.2. The average Bonchev–Trinajstić information content (AvgIpc) is 2.69. The van der Waals surface area contributed by atoms with E-state index in [1.807, 2.05) is 0 Å². The highest BCUT2D eigenvalue weighted by molar-refractivity contribution is 9.10. The maximum absolute atomic E-state index is 5.66. The molecule has 0 aliphatic carbocycles. The fourth-order valence-corrected chi connectivity index (χ4v) is 3.69. The van der Waals surface area contributed by atoms with Crippen molar-refractivity contribution in [3.05, 3.63) is 38.9 Å². The maximum Gasteiger partial charge on any atom is 0.125 e. The third-order valence-corrected chi connectivity index (χ3v) is 5.09. The Hall–Kier alpha value is -0.710. The van der Waals surface area contributed by atoms with Crippen molar-refractivity contribution in [2.24, 2.45) is 5.73 Å². The van der Waals surface area contributed by atoms with Gasteiger partial charge in [-0.1, -0.05) is 39.0 Å². The summed E-state index contributed by atoms with van der Waals surface area (Å²) in [5.74, 6) is 0. The van der Waals surface area contributed by atoms with Gasteiger partial charge >= 0.3 is 0 Å². The number of nitrogens with zero attached hydrogens (tertiary/aromatic N) is 1. The second-order valence-corrected chi connectivity index (χ2v) is 7.55. The monoisotopic (exact) mass is 338 g/mol. The largest absolute Gasteiger partial charge is 0.325 e. The molecule has 0 amide bonds. The van der Waals surface area contributed by atoms with Crippen LogP contribution in [0.5, 0.6) is 0 Å². The number of aromatic nitrogens is 1. The summed E-state index contributed by atoms with van der Waals surface area (Å²) in [6.45, 7) is 9.34. The van der Waals surface area contributed by atoms with Crippen LogP contribution in [-0.4, -0.2) is 4.98 Å². The molecule has 2 aromatic rings. The zero-order chi connectivity index (χ0) is 14.2. The van der Waals surface area contributed by atoms with Crippen LogP contribution in [0.3, 0.4) is 0 Å². The molecule has 19 heavy (non-hydrogen) atoms. The first kappa shape index (κ1) is 14.7. The Kier molecular flexibility index (Phi) is 4.14. The van der Waals surface area contributed by atoms with Crippen LogP contribution in [0.15, 0.2) is 22.8 Å². The first-order chi connectivity index (χ1) is 8.82. The molecule has 0 saturated heterocycles. The molecule has 0 saturated carbocycles. The van der Waals surface area contributed by atoms with Gasteiger partial charge in [0.2, 0.25) is 0 Å². The molecule has 0 fully saturated rings. The lowest BCUT2D eigenvalue weighted by Gasteiger charge is -2.20. The predicted octanol–water partition coefficient (Wildman–Crippen LogP) is 4.64. The Morgan fingerprint density at radius 3 is 2.47 bits per heavy atom. The molecule has 1 heterocycles. The number of benzene rings is 1. The van der Waals surface area contributed by atoms with Gasteiger partial charge in [-0.25, -0.2) is 4.98 Å². The van der Waals surface area contributed by atoms with E-state index in [0.717, 1.165) is 9.61 Å². The fourth-order valence-electron chi connectivity index (χ4n) is 1.98. The molecular weight excluding hydrogens is 320 g/mol. The van der Waals surface area contributed by atoms with Gasteiger partial charge in [0.1, 0.15) is 9.61 Å². The molecule has 0 aliphatic rings. The number of hydrogen-bond acceptors (Lipinski definition) is 3. The van der Waals surface area contributed by atoms with Crippen LogP contribution in [-0.2, 0) is 12.0 Å². The topological polar surface area (TPSA) is 38.9 Å². The van der Waals surface area contributed by atoms with E-state index >= 15 is 0 Å². The van der Waals surface area contributed by atoms with Crippen LogP contribution in [0.2, 0.25) is 0 Å². The number of hydrogen-bond donors (Lipinski definition) is 1. The molecule has 1 aromatic carbocycles. The first-order valence-electron chi connectivity index (χ1n) is 6.29. The minimum atomic E-state index is 0.177. The van der Waals surface area contributed by atoms with E-state index in [9.17, 15) is 0 Å². The third-order valence-electron chi connectivity index (χ3n) is 3.14. The van der Waals surface area contributed by atoms with Crippen LogP contribution in [0.1, 0.15) is 36.9 Å². The average molecular weight is 339 g/mol. The van der Waals surface area contributed by atoms with E-state index in [0.29, 0.717) is 6.54 Å². The molecule has 1 aromatic heterocycles. The van der Waals surface area contributed by atoms with Crippen LogP contribution < -0.4 is 5.73 Å². The molecule has 4 heteroatoms. The van der Waals surface area contributed by atoms with Crippen molar-refractivity contribution in [1.29, 1.82) is 0 Å². The molecule has 0 bridgehead atoms. The molecule has 2 N–H and O–H groups in total. The molecule has 102 valence electrons. The summed E-state index contributed by atoms with van der Waals surface area (Å²) in [4.78, 5) is 5.59. The molecule has 0 spiro atoms. The standard InChI is InChI=1S/C15H19BrN2S/c1-9-7-10(15(2,3)4)5-6-11(9)13-14(16)18-12(8-17)19-13/h5-7H,8,17H2,1-4H3. The Balaban J connectivity index is 2.49. The second-order valence-electron chi connectivity index (χ2n) is 5.71. The van der Waals surface area contributed by atoms with Crippen molar-refractivity contribution in [3.8, 4) is 10.4 Å². The molecule has 0 radical (unpaired) electrons. The summed E-state index contributed by atoms with van der Waals surface area (Å²) < 4.78 is 0.893. The molecule has 0 aliphatic heterocycles. The van der Waals surface area contributed by atoms with E-state index in [-0.39, 0.29) is 5.41 Å². The minimum Gasteiger partial charge on any atom is -0.325 e. The highest BCUT2D eigenvalue weighted by Crippen LogP contribution is 2.37. The molecule has 0 atom stereocenters. The van der Waals surface area contributed by atoms with Crippen LogP contribution >= 0.6 is 27.3 Å². The first-order valence-corrected chi connectivity index (χ1v) is 7.90. The van der Waals surface area contributed by atoms with Gasteiger partial charge < -0.3 is 5.73 Å². The molecular formula is C15H19BrN2S. The molecule has 2 nitrogen and oxygen atoms in total. The smallest absolute Gasteiger partial charge is 0.125 e. The Morgan fingerprint density at radius 2 is 2.00 bits per heavy atom. The van der Waals surface area contributed by atoms with Gasteiger partial charge in [0.15, 0.2) is 0 Å². The highest BCUT2D eigenvalue weighted by atomic mass is 79.9. The third kappa shape index (κ3) is 3.07. The summed E-state index contributed by atoms with van der Waals surface area (Å²) in [5.41, 5.74) is 9.70. The zero-order valence-electron chi connectivity index (χ0n) is 11.7. The van der Waals surface area contributed by atoms with E-state index in [2.05, 4.69) is 66.8 Å². The van der Waals surface area contributed by atoms with Crippen molar-refractivity contribution < 1.29 is 0 Å². The molecule has 2 rings (SSSR count). The Bertz CT molecular complexity index is 597. The van der Waals surface area contributed by atoms with Crippen LogP contribution in [0, 0.1) is 6.92 Å². The van der Waals surface area contributed by atoms with Crippen molar-refractivity contribution >= 4 is 27.3 Å². The lowest BCUT2D eigenvalue weighted by atomic mass is 9.85. The second kappa shape index (κ2) is 5.35. The number of halogens is 1. The van der Waals surface area contributed by atoms with Crippen LogP contribution in [0.25, 0.3) is 10.4 Å². The maximum atomic E-state index is 5.66. The van der Waals surface area contributed by atoms with Gasteiger partial charge in [0.05, 0.1) is 4.88 Å². The lowest BCUT2D eigenvalue weighted by Crippen LogP contribution is -2.11. The van der Waals surface area contributed by atoms with Crippen molar-refractivity contribution in [2.45, 2.75) is 39.7 Å².